The monoisotopic (exact) mass is 194 g/mol. The normalized spacial score (nSPS) is 12.2. The van der Waals surface area contributed by atoms with Gasteiger partial charge in [-0.05, 0) is 18.9 Å². The Morgan fingerprint density at radius 2 is 1.83 bits per heavy atom. The molecule has 1 aromatic rings. The summed E-state index contributed by atoms with van der Waals surface area (Å²) in [5.41, 5.74) is 2.91. The van der Waals surface area contributed by atoms with Crippen LogP contribution in [-0.4, -0.2) is 18.1 Å². The Balaban J connectivity index is 2.37. The molecule has 0 atom stereocenters. The highest BCUT2D eigenvalue weighted by atomic mass is 29.1. The van der Waals surface area contributed by atoms with E-state index in [1.165, 1.54) is 23.6 Å². The molecule has 0 amide bonds. The number of benzene rings is 1. The van der Waals surface area contributed by atoms with Crippen LogP contribution in [0.15, 0.2) is 24.3 Å². The number of hydrogen-bond donors (Lipinski definition) is 0. The topological polar surface area (TPSA) is 0 Å². The molecule has 1 rings (SSSR count). The molecule has 0 aliphatic carbocycles. The van der Waals surface area contributed by atoms with Crippen LogP contribution in [0.1, 0.15) is 11.1 Å². The third kappa shape index (κ3) is 3.37. The SMILES string of the molecule is C[SiH2][SiH2]CCc1ccc(C)cc1. The first-order valence-corrected chi connectivity index (χ1v) is 11.3. The lowest BCUT2D eigenvalue weighted by Gasteiger charge is -1.99. The molecule has 66 valence electrons. The van der Waals surface area contributed by atoms with Crippen LogP contribution < -0.4 is 0 Å². The van der Waals surface area contributed by atoms with E-state index in [1.807, 2.05) is 0 Å². The van der Waals surface area contributed by atoms with Gasteiger partial charge >= 0.3 is 0 Å². The molecule has 0 radical (unpaired) electrons. The molecular formula is C10H18Si2. The summed E-state index contributed by atoms with van der Waals surface area (Å²) in [6.07, 6.45) is 1.34. The molecule has 12 heavy (non-hydrogen) atoms. The maximum absolute atomic E-state index is 2.45. The number of aryl methyl sites for hydroxylation is 2. The molecule has 1 aromatic carbocycles. The minimum Gasteiger partial charge on any atom is -0.0771 e. The molecule has 0 saturated carbocycles. The van der Waals surface area contributed by atoms with E-state index >= 15 is 0 Å². The van der Waals surface area contributed by atoms with Crippen molar-refractivity contribution in [3.8, 4) is 0 Å². The highest BCUT2D eigenvalue weighted by Crippen LogP contribution is 2.05. The first-order valence-electron chi connectivity index (χ1n) is 4.88. The average Bonchev–Trinajstić information content (AvgIpc) is 2.09. The van der Waals surface area contributed by atoms with Crippen molar-refractivity contribution >= 4 is 18.1 Å². The average molecular weight is 194 g/mol. The summed E-state index contributed by atoms with van der Waals surface area (Å²) in [6, 6.07) is 10.5. The zero-order valence-electron chi connectivity index (χ0n) is 8.14. The van der Waals surface area contributed by atoms with Gasteiger partial charge in [0.15, 0.2) is 0 Å². The largest absolute Gasteiger partial charge is 0.0771 e. The molecule has 0 heterocycles. The van der Waals surface area contributed by atoms with Gasteiger partial charge < -0.3 is 0 Å². The summed E-state index contributed by atoms with van der Waals surface area (Å²) < 4.78 is 0. The van der Waals surface area contributed by atoms with Crippen molar-refractivity contribution < 1.29 is 0 Å². The predicted molar refractivity (Wildman–Crippen MR) is 62.6 cm³/mol. The maximum Gasteiger partial charge on any atom is 0.00812 e. The number of hydrogen-bond acceptors (Lipinski definition) is 0. The zero-order chi connectivity index (χ0) is 8.81. The zero-order valence-corrected chi connectivity index (χ0v) is 11.0. The van der Waals surface area contributed by atoms with Crippen LogP contribution in [0.4, 0.5) is 0 Å². The lowest BCUT2D eigenvalue weighted by atomic mass is 10.1. The van der Waals surface area contributed by atoms with E-state index in [9.17, 15) is 0 Å². The molecular weight excluding hydrogens is 176 g/mol. The molecule has 0 N–H and O–H groups in total. The highest BCUT2D eigenvalue weighted by molar-refractivity contribution is 6.99. The van der Waals surface area contributed by atoms with Crippen molar-refractivity contribution in [3.05, 3.63) is 35.4 Å². The van der Waals surface area contributed by atoms with E-state index in [1.54, 1.807) is 0 Å². The quantitative estimate of drug-likeness (QED) is 0.500. The Bertz CT molecular complexity index is 216. The Morgan fingerprint density at radius 3 is 2.42 bits per heavy atom. The third-order valence-corrected chi connectivity index (χ3v) is 7.37. The first kappa shape index (κ1) is 9.74. The van der Waals surface area contributed by atoms with Gasteiger partial charge in [0.25, 0.3) is 0 Å². The van der Waals surface area contributed by atoms with Crippen molar-refractivity contribution in [2.45, 2.75) is 25.9 Å². The molecule has 0 saturated heterocycles. The second-order valence-corrected chi connectivity index (χ2v) is 11.0. The number of rotatable bonds is 4. The predicted octanol–water partition coefficient (Wildman–Crippen LogP) is 1.26. The van der Waals surface area contributed by atoms with Crippen LogP contribution in [0.2, 0.25) is 12.6 Å². The van der Waals surface area contributed by atoms with Crippen LogP contribution in [0.3, 0.4) is 0 Å². The van der Waals surface area contributed by atoms with Crippen LogP contribution in [-0.2, 0) is 6.42 Å². The van der Waals surface area contributed by atoms with Crippen molar-refractivity contribution in [1.29, 1.82) is 0 Å². The molecule has 2 heteroatoms. The molecule has 0 bridgehead atoms. The second-order valence-electron chi connectivity index (χ2n) is 3.44. The summed E-state index contributed by atoms with van der Waals surface area (Å²) in [5, 5.41) is 0. The maximum atomic E-state index is 2.45. The lowest BCUT2D eigenvalue weighted by Crippen LogP contribution is -1.99. The lowest BCUT2D eigenvalue weighted by molar-refractivity contribution is 1.13. The van der Waals surface area contributed by atoms with Gasteiger partial charge in [0, 0.05) is 18.1 Å². The molecule has 0 aliphatic heterocycles. The van der Waals surface area contributed by atoms with Crippen molar-refractivity contribution in [2.75, 3.05) is 0 Å². The van der Waals surface area contributed by atoms with Gasteiger partial charge in [-0.3, -0.25) is 0 Å². The van der Waals surface area contributed by atoms with E-state index in [0.29, 0.717) is 18.1 Å². The Hall–Kier alpha value is -0.346. The highest BCUT2D eigenvalue weighted by Gasteiger charge is 1.92. The van der Waals surface area contributed by atoms with Crippen LogP contribution >= 0.6 is 0 Å². The smallest absolute Gasteiger partial charge is 0.00812 e. The molecule has 0 spiro atoms. The van der Waals surface area contributed by atoms with E-state index in [4.69, 9.17) is 0 Å². The minimum atomic E-state index is 0.407. The van der Waals surface area contributed by atoms with E-state index in [0.717, 1.165) is 0 Å². The van der Waals surface area contributed by atoms with E-state index < -0.39 is 0 Å². The fraction of sp³-hybridized carbons (Fsp3) is 0.400. The standard InChI is InChI=1S/C10H18Si2/c1-9-3-5-10(6-4-9)7-8-12-11-2/h3-6H,7-8,11-12H2,1-2H3. The summed E-state index contributed by atoms with van der Waals surface area (Å²) in [6.45, 7) is 4.60. The van der Waals surface area contributed by atoms with Gasteiger partial charge in [0.1, 0.15) is 0 Å². The van der Waals surface area contributed by atoms with E-state index in [-0.39, 0.29) is 0 Å². The van der Waals surface area contributed by atoms with Gasteiger partial charge in [-0.2, -0.15) is 0 Å². The van der Waals surface area contributed by atoms with Gasteiger partial charge in [-0.1, -0.05) is 42.4 Å². The Kier molecular flexibility index (Phi) is 4.32. The third-order valence-electron chi connectivity index (χ3n) is 2.19. The fourth-order valence-corrected chi connectivity index (χ4v) is 4.74. The molecule has 0 aromatic heterocycles. The van der Waals surface area contributed by atoms with E-state index in [2.05, 4.69) is 37.7 Å². The van der Waals surface area contributed by atoms with Gasteiger partial charge in [-0.25, -0.2) is 0 Å². The summed E-state index contributed by atoms with van der Waals surface area (Å²) in [5.74, 6) is 0. The van der Waals surface area contributed by atoms with Crippen LogP contribution in [0, 0.1) is 6.92 Å². The second kappa shape index (κ2) is 5.33. The summed E-state index contributed by atoms with van der Waals surface area (Å²) in [7, 11) is 0.836. The molecule has 0 nitrogen and oxygen atoms in total. The molecule has 0 fully saturated rings. The van der Waals surface area contributed by atoms with Crippen LogP contribution in [0.5, 0.6) is 0 Å². The molecule has 0 unspecified atom stereocenters. The molecule has 0 aliphatic rings. The van der Waals surface area contributed by atoms with Crippen molar-refractivity contribution in [3.63, 3.8) is 0 Å². The van der Waals surface area contributed by atoms with Crippen molar-refractivity contribution in [1.82, 2.24) is 0 Å². The minimum absolute atomic E-state index is 0.407. The Labute approximate surface area is 79.8 Å². The van der Waals surface area contributed by atoms with Crippen molar-refractivity contribution in [2.24, 2.45) is 0 Å². The fourth-order valence-electron chi connectivity index (χ4n) is 1.33. The van der Waals surface area contributed by atoms with Gasteiger partial charge in [0.2, 0.25) is 0 Å². The van der Waals surface area contributed by atoms with Crippen LogP contribution in [0.25, 0.3) is 0 Å². The Morgan fingerprint density at radius 1 is 1.17 bits per heavy atom. The first-order chi connectivity index (χ1) is 5.83. The summed E-state index contributed by atoms with van der Waals surface area (Å²) in [4.78, 5) is 0. The van der Waals surface area contributed by atoms with Gasteiger partial charge in [0.05, 0.1) is 0 Å². The van der Waals surface area contributed by atoms with Gasteiger partial charge in [-0.15, -0.1) is 0 Å². The summed E-state index contributed by atoms with van der Waals surface area (Å²) >= 11 is 0.